The highest BCUT2D eigenvalue weighted by atomic mass is 32.2. The van der Waals surface area contributed by atoms with E-state index in [9.17, 15) is 19.3 Å². The lowest BCUT2D eigenvalue weighted by atomic mass is 10.1. The summed E-state index contributed by atoms with van der Waals surface area (Å²) in [6.45, 7) is 6.58. The summed E-state index contributed by atoms with van der Waals surface area (Å²) in [6, 6.07) is 6.97. The third-order valence-corrected chi connectivity index (χ3v) is 7.26. The van der Waals surface area contributed by atoms with Crippen molar-refractivity contribution in [2.24, 2.45) is 0 Å². The number of benzene rings is 1. The number of aliphatic hydroxyl groups is 1. The van der Waals surface area contributed by atoms with Gasteiger partial charge in [0, 0.05) is 43.4 Å². The van der Waals surface area contributed by atoms with Crippen molar-refractivity contribution >= 4 is 30.4 Å². The molecule has 1 unspecified atom stereocenters. The zero-order valence-corrected chi connectivity index (χ0v) is 18.8. The van der Waals surface area contributed by atoms with Gasteiger partial charge in [0.2, 0.25) is 0 Å². The number of aliphatic hydroxyl groups excluding tert-OH is 1. The molecular weight excluding hydrogens is 415 g/mol. The monoisotopic (exact) mass is 444 g/mol. The molecule has 1 aliphatic rings. The lowest BCUT2D eigenvalue weighted by Crippen LogP contribution is -2.39. The van der Waals surface area contributed by atoms with E-state index >= 15 is 0 Å². The normalized spacial score (nSPS) is 16.5. The van der Waals surface area contributed by atoms with Crippen molar-refractivity contribution in [2.45, 2.75) is 27.0 Å². The average Bonchev–Trinajstić information content (AvgIpc) is 2.90. The second-order valence-electron chi connectivity index (χ2n) is 6.51. The summed E-state index contributed by atoms with van der Waals surface area (Å²) < 4.78 is 23.7. The molecule has 2 rings (SSSR count). The Kier molecular flexibility index (Phi) is 9.33. The highest BCUT2D eigenvalue weighted by Crippen LogP contribution is 2.48. The molecule has 0 bridgehead atoms. The molecule has 162 valence electrons. The minimum absolute atomic E-state index is 0.00309. The maximum atomic E-state index is 12.9. The van der Waals surface area contributed by atoms with Crippen LogP contribution in [0.1, 0.15) is 42.9 Å². The minimum Gasteiger partial charge on any atom is -0.369 e. The van der Waals surface area contributed by atoms with Crippen molar-refractivity contribution in [3.05, 3.63) is 35.4 Å². The van der Waals surface area contributed by atoms with Gasteiger partial charge in [0.15, 0.2) is 11.3 Å². The smallest absolute Gasteiger partial charge is 0.344 e. The molecule has 0 aromatic heterocycles. The topological polar surface area (TPSA) is 96.4 Å². The van der Waals surface area contributed by atoms with Gasteiger partial charge in [-0.1, -0.05) is 30.0 Å². The zero-order valence-electron chi connectivity index (χ0n) is 17.1. The van der Waals surface area contributed by atoms with E-state index in [-0.39, 0.29) is 37.1 Å². The molecule has 0 spiro atoms. The van der Waals surface area contributed by atoms with Crippen molar-refractivity contribution in [2.75, 3.05) is 44.9 Å². The van der Waals surface area contributed by atoms with Gasteiger partial charge in [-0.3, -0.25) is 19.1 Å². The molecule has 0 aliphatic carbocycles. The molecule has 1 N–H and O–H groups in total. The van der Waals surface area contributed by atoms with Gasteiger partial charge in [-0.05, 0) is 19.9 Å². The molecule has 8 nitrogen and oxygen atoms in total. The highest BCUT2D eigenvalue weighted by Gasteiger charge is 2.35. The van der Waals surface area contributed by atoms with Gasteiger partial charge < -0.3 is 19.1 Å². The summed E-state index contributed by atoms with van der Waals surface area (Å²) in [6.07, 6.45) is -0.948. The average molecular weight is 444 g/mol. The van der Waals surface area contributed by atoms with Crippen LogP contribution in [0.15, 0.2) is 24.3 Å². The lowest BCUT2D eigenvalue weighted by Gasteiger charge is -2.29. The van der Waals surface area contributed by atoms with Gasteiger partial charge in [0.25, 0.3) is 5.91 Å². The predicted octanol–water partition coefficient (Wildman–Crippen LogP) is 2.94. The second kappa shape index (κ2) is 11.2. The summed E-state index contributed by atoms with van der Waals surface area (Å²) >= 11 is 1.18. The molecular formula is C19H29N2O6PS. The fraction of sp³-hybridized carbons (Fsp3) is 0.579. The van der Waals surface area contributed by atoms with E-state index < -0.39 is 13.8 Å². The molecule has 0 radical (unpaired) electrons. The number of carbonyl (C=O) groups is 2. The summed E-state index contributed by atoms with van der Waals surface area (Å²) in [4.78, 5) is 27.1. The first-order chi connectivity index (χ1) is 13.8. The van der Waals surface area contributed by atoms with E-state index in [4.69, 9.17) is 9.05 Å². The predicted molar refractivity (Wildman–Crippen MR) is 113 cm³/mol. The molecule has 0 fully saturated rings. The van der Waals surface area contributed by atoms with Crippen LogP contribution in [0.25, 0.3) is 0 Å². The van der Waals surface area contributed by atoms with Crippen molar-refractivity contribution in [3.63, 3.8) is 0 Å². The van der Waals surface area contributed by atoms with Gasteiger partial charge in [-0.15, -0.1) is 0 Å². The van der Waals surface area contributed by atoms with Crippen LogP contribution in [0.2, 0.25) is 0 Å². The number of thioether (sulfide) groups is 1. The van der Waals surface area contributed by atoms with Gasteiger partial charge >= 0.3 is 7.60 Å². The van der Waals surface area contributed by atoms with E-state index in [1.54, 1.807) is 38.1 Å². The Morgan fingerprint density at radius 1 is 1.24 bits per heavy atom. The highest BCUT2D eigenvalue weighted by molar-refractivity contribution is 8.13. The van der Waals surface area contributed by atoms with Crippen LogP contribution in [-0.2, 0) is 18.4 Å². The number of hydrogen-bond acceptors (Lipinski definition) is 8. The summed E-state index contributed by atoms with van der Waals surface area (Å²) in [7, 11) is -3.32. The fourth-order valence-corrected chi connectivity index (χ4v) is 5.59. The number of rotatable bonds is 12. The largest absolute Gasteiger partial charge is 0.369 e. The summed E-state index contributed by atoms with van der Waals surface area (Å²) in [5.41, 5.74) is 1.08. The van der Waals surface area contributed by atoms with Gasteiger partial charge in [0.1, 0.15) is 6.29 Å². The van der Waals surface area contributed by atoms with Crippen molar-refractivity contribution in [1.82, 2.24) is 9.80 Å². The number of amides is 1. The van der Waals surface area contributed by atoms with E-state index in [0.29, 0.717) is 30.0 Å². The Hall–Kier alpha value is -1.22. The van der Waals surface area contributed by atoms with E-state index in [2.05, 4.69) is 0 Å². The zero-order chi connectivity index (χ0) is 21.4. The third-order valence-electron chi connectivity index (χ3n) is 4.42. The first-order valence-corrected chi connectivity index (χ1v) is 12.3. The molecule has 1 amide bonds. The standard InChI is InChI=1S/C19H29N2O6PS/c1-4-26-28(25,27-5-2)14-20(12-13-29-15(3)22)10-11-21-18(23)16-8-6-7-9-17(16)19(21)24/h6-9,18,23H,4-5,10-14H2,1-3H3. The second-order valence-corrected chi connectivity index (χ2v) is 9.80. The Bertz CT molecular complexity index is 752. The quantitative estimate of drug-likeness (QED) is 0.492. The van der Waals surface area contributed by atoms with Crippen LogP contribution in [0.5, 0.6) is 0 Å². The molecule has 0 saturated heterocycles. The Balaban J connectivity index is 2.06. The number of fused-ring (bicyclic) bond motifs is 1. The van der Waals surface area contributed by atoms with Crippen LogP contribution < -0.4 is 0 Å². The molecule has 0 saturated carbocycles. The van der Waals surface area contributed by atoms with E-state index in [1.807, 2.05) is 4.90 Å². The molecule has 1 heterocycles. The molecule has 29 heavy (non-hydrogen) atoms. The number of carbonyl (C=O) groups excluding carboxylic acids is 2. The van der Waals surface area contributed by atoms with Crippen molar-refractivity contribution < 1.29 is 28.3 Å². The van der Waals surface area contributed by atoms with Crippen molar-refractivity contribution in [1.29, 1.82) is 0 Å². The molecule has 1 aromatic rings. The first-order valence-electron chi connectivity index (χ1n) is 9.63. The summed E-state index contributed by atoms with van der Waals surface area (Å²) in [5, 5.41) is 10.5. The SMILES string of the molecule is CCOP(=O)(CN(CCSC(C)=O)CCN1C(=O)c2ccccc2C1O)OCC. The molecule has 1 aromatic carbocycles. The number of hydrogen-bond donors (Lipinski definition) is 1. The summed E-state index contributed by atoms with van der Waals surface area (Å²) in [5.74, 6) is 0.286. The molecule has 1 atom stereocenters. The van der Waals surface area contributed by atoms with Crippen LogP contribution in [0.3, 0.4) is 0 Å². The van der Waals surface area contributed by atoms with Crippen LogP contribution in [0.4, 0.5) is 0 Å². The Morgan fingerprint density at radius 2 is 1.90 bits per heavy atom. The van der Waals surface area contributed by atoms with Crippen molar-refractivity contribution in [3.8, 4) is 0 Å². The van der Waals surface area contributed by atoms with Gasteiger partial charge in [0.05, 0.1) is 13.2 Å². The fourth-order valence-electron chi connectivity index (χ4n) is 3.15. The van der Waals surface area contributed by atoms with Crippen LogP contribution >= 0.6 is 19.4 Å². The Labute approximate surface area is 176 Å². The van der Waals surface area contributed by atoms with Gasteiger partial charge in [-0.2, -0.15) is 0 Å². The Morgan fingerprint density at radius 3 is 2.48 bits per heavy atom. The van der Waals surface area contributed by atoms with Gasteiger partial charge in [-0.25, -0.2) is 0 Å². The maximum Gasteiger partial charge on any atom is 0.344 e. The van der Waals surface area contributed by atoms with E-state index in [1.165, 1.54) is 23.6 Å². The molecule has 1 aliphatic heterocycles. The lowest BCUT2D eigenvalue weighted by molar-refractivity contribution is -0.109. The molecule has 10 heteroatoms. The maximum absolute atomic E-state index is 12.9. The minimum atomic E-state index is -3.32. The third kappa shape index (κ3) is 6.64. The van der Waals surface area contributed by atoms with E-state index in [0.717, 1.165) is 0 Å². The number of nitrogens with zero attached hydrogens (tertiary/aromatic N) is 2. The van der Waals surface area contributed by atoms with Crippen LogP contribution in [-0.4, -0.2) is 70.8 Å². The first kappa shape index (κ1) is 24.1. The van der Waals surface area contributed by atoms with Crippen LogP contribution in [0, 0.1) is 0 Å².